The van der Waals surface area contributed by atoms with E-state index in [0.717, 1.165) is 26.1 Å². The van der Waals surface area contributed by atoms with E-state index in [4.69, 9.17) is 0 Å². The fraction of sp³-hybridized carbons (Fsp3) is 0.462. The molecule has 4 nitrogen and oxygen atoms in total. The molecule has 1 saturated heterocycles. The highest BCUT2D eigenvalue weighted by Crippen LogP contribution is 2.11. The molecule has 1 aliphatic heterocycles. The number of pyridine rings is 1. The zero-order valence-electron chi connectivity index (χ0n) is 9.97. The number of fused-ring (bicyclic) bond motifs is 1. The molecule has 1 fully saturated rings. The maximum atomic E-state index is 4.37. The molecule has 0 aromatic carbocycles. The van der Waals surface area contributed by atoms with Gasteiger partial charge in [-0.2, -0.15) is 5.10 Å². The Labute approximate surface area is 101 Å². The maximum Gasteiger partial charge on any atom is 0.0694 e. The summed E-state index contributed by atoms with van der Waals surface area (Å²) in [4.78, 5) is 2.52. The summed E-state index contributed by atoms with van der Waals surface area (Å²) in [5, 5.41) is 7.75. The second kappa shape index (κ2) is 4.85. The second-order valence-electron chi connectivity index (χ2n) is 4.54. The van der Waals surface area contributed by atoms with Crippen LogP contribution in [0.15, 0.2) is 30.6 Å². The average Bonchev–Trinajstić information content (AvgIpc) is 2.81. The molecule has 0 unspecified atom stereocenters. The van der Waals surface area contributed by atoms with Crippen molar-refractivity contribution < 1.29 is 0 Å². The molecule has 0 saturated carbocycles. The lowest BCUT2D eigenvalue weighted by molar-refractivity contribution is 0.244. The highest BCUT2D eigenvalue weighted by Gasteiger charge is 2.10. The molecule has 0 bridgehead atoms. The number of aromatic nitrogens is 2. The van der Waals surface area contributed by atoms with Crippen LogP contribution in [0.2, 0.25) is 0 Å². The van der Waals surface area contributed by atoms with Gasteiger partial charge < -0.3 is 10.2 Å². The van der Waals surface area contributed by atoms with Crippen molar-refractivity contribution in [2.24, 2.45) is 0 Å². The van der Waals surface area contributed by atoms with Crippen LogP contribution in [0.5, 0.6) is 0 Å². The molecule has 0 aliphatic carbocycles. The zero-order valence-corrected chi connectivity index (χ0v) is 9.97. The minimum atomic E-state index is 1.09. The summed E-state index contributed by atoms with van der Waals surface area (Å²) in [6, 6.07) is 6.23. The molecular formula is C13H18N4. The van der Waals surface area contributed by atoms with Crippen LogP contribution in [0.1, 0.15) is 5.56 Å². The summed E-state index contributed by atoms with van der Waals surface area (Å²) in [6.07, 6.45) is 5.09. The van der Waals surface area contributed by atoms with E-state index in [1.54, 1.807) is 0 Å². The highest BCUT2D eigenvalue weighted by atomic mass is 15.2. The summed E-state index contributed by atoms with van der Waals surface area (Å²) in [5.41, 5.74) is 2.59. The number of hydrogen-bond donors (Lipinski definition) is 1. The molecule has 0 radical (unpaired) electrons. The van der Waals surface area contributed by atoms with Crippen LogP contribution >= 0.6 is 0 Å². The van der Waals surface area contributed by atoms with E-state index in [2.05, 4.69) is 27.4 Å². The van der Waals surface area contributed by atoms with Crippen LogP contribution < -0.4 is 5.32 Å². The van der Waals surface area contributed by atoms with E-state index < -0.39 is 0 Å². The fourth-order valence-corrected chi connectivity index (χ4v) is 2.39. The van der Waals surface area contributed by atoms with E-state index in [1.165, 1.54) is 24.2 Å². The minimum absolute atomic E-state index is 1.09. The van der Waals surface area contributed by atoms with E-state index >= 15 is 0 Å². The monoisotopic (exact) mass is 230 g/mol. The predicted molar refractivity (Wildman–Crippen MR) is 68.2 cm³/mol. The van der Waals surface area contributed by atoms with Gasteiger partial charge in [0.15, 0.2) is 0 Å². The van der Waals surface area contributed by atoms with Crippen molar-refractivity contribution >= 4 is 5.52 Å². The van der Waals surface area contributed by atoms with Crippen molar-refractivity contribution in [2.75, 3.05) is 32.7 Å². The number of rotatable bonds is 3. The summed E-state index contributed by atoms with van der Waals surface area (Å²) in [7, 11) is 0. The van der Waals surface area contributed by atoms with Crippen LogP contribution in [-0.2, 0) is 6.42 Å². The lowest BCUT2D eigenvalue weighted by Gasteiger charge is -2.26. The zero-order chi connectivity index (χ0) is 11.5. The van der Waals surface area contributed by atoms with Gasteiger partial charge in [-0.15, -0.1) is 0 Å². The topological polar surface area (TPSA) is 32.6 Å². The largest absolute Gasteiger partial charge is 0.314 e. The van der Waals surface area contributed by atoms with Gasteiger partial charge in [0, 0.05) is 38.9 Å². The van der Waals surface area contributed by atoms with Gasteiger partial charge in [0.2, 0.25) is 0 Å². The van der Waals surface area contributed by atoms with Gasteiger partial charge >= 0.3 is 0 Å². The fourth-order valence-electron chi connectivity index (χ4n) is 2.39. The van der Waals surface area contributed by atoms with Crippen LogP contribution in [0, 0.1) is 0 Å². The molecule has 0 amide bonds. The van der Waals surface area contributed by atoms with Gasteiger partial charge in [-0.05, 0) is 24.1 Å². The molecule has 2 aromatic rings. The summed E-state index contributed by atoms with van der Waals surface area (Å²) in [5.74, 6) is 0. The third kappa shape index (κ3) is 2.33. The Morgan fingerprint density at radius 2 is 2.12 bits per heavy atom. The Kier molecular flexibility index (Phi) is 3.07. The number of piperazine rings is 1. The molecule has 2 aromatic heterocycles. The van der Waals surface area contributed by atoms with Gasteiger partial charge in [0.05, 0.1) is 11.7 Å². The highest BCUT2D eigenvalue weighted by molar-refractivity contribution is 5.53. The second-order valence-corrected chi connectivity index (χ2v) is 4.54. The quantitative estimate of drug-likeness (QED) is 0.846. The number of nitrogens with one attached hydrogen (secondary N) is 1. The molecule has 90 valence electrons. The molecule has 3 rings (SSSR count). The Hall–Kier alpha value is -1.39. The van der Waals surface area contributed by atoms with Crippen molar-refractivity contribution in [1.29, 1.82) is 0 Å². The average molecular weight is 230 g/mol. The van der Waals surface area contributed by atoms with Gasteiger partial charge in [0.25, 0.3) is 0 Å². The molecule has 0 spiro atoms. The molecule has 3 heterocycles. The molecule has 4 heteroatoms. The molecule has 1 aliphatic rings. The van der Waals surface area contributed by atoms with Crippen molar-refractivity contribution in [2.45, 2.75) is 6.42 Å². The van der Waals surface area contributed by atoms with Crippen LogP contribution in [0.4, 0.5) is 0 Å². The summed E-state index contributed by atoms with van der Waals surface area (Å²) < 4.78 is 1.95. The van der Waals surface area contributed by atoms with E-state index in [-0.39, 0.29) is 0 Å². The van der Waals surface area contributed by atoms with Crippen molar-refractivity contribution in [3.8, 4) is 0 Å². The van der Waals surface area contributed by atoms with Gasteiger partial charge in [-0.3, -0.25) is 0 Å². The van der Waals surface area contributed by atoms with E-state index in [0.29, 0.717) is 0 Å². The summed E-state index contributed by atoms with van der Waals surface area (Å²) in [6.45, 7) is 5.71. The Morgan fingerprint density at radius 1 is 1.24 bits per heavy atom. The molecular weight excluding hydrogens is 212 g/mol. The van der Waals surface area contributed by atoms with Gasteiger partial charge in [-0.25, -0.2) is 4.52 Å². The number of nitrogens with zero attached hydrogens (tertiary/aromatic N) is 3. The summed E-state index contributed by atoms with van der Waals surface area (Å²) >= 11 is 0. The Bertz CT molecular complexity index is 485. The number of hydrogen-bond acceptors (Lipinski definition) is 3. The first-order valence-electron chi connectivity index (χ1n) is 6.28. The van der Waals surface area contributed by atoms with Crippen molar-refractivity contribution in [3.05, 3.63) is 36.2 Å². The first-order valence-corrected chi connectivity index (χ1v) is 6.28. The Balaban J connectivity index is 1.68. The van der Waals surface area contributed by atoms with E-state index in [1.807, 2.05) is 23.0 Å². The molecule has 17 heavy (non-hydrogen) atoms. The van der Waals surface area contributed by atoms with E-state index in [9.17, 15) is 0 Å². The van der Waals surface area contributed by atoms with Crippen LogP contribution in [0.25, 0.3) is 5.52 Å². The lowest BCUT2D eigenvalue weighted by atomic mass is 10.2. The first-order chi connectivity index (χ1) is 8.43. The predicted octanol–water partition coefficient (Wildman–Crippen LogP) is 0.782. The van der Waals surface area contributed by atoms with Crippen LogP contribution in [-0.4, -0.2) is 47.2 Å². The Morgan fingerprint density at radius 3 is 3.00 bits per heavy atom. The van der Waals surface area contributed by atoms with Crippen molar-refractivity contribution in [1.82, 2.24) is 19.8 Å². The molecule has 1 N–H and O–H groups in total. The first kappa shape index (κ1) is 10.7. The SMILES string of the molecule is c1ccn2ncc(CCN3CCNCC3)c2c1. The third-order valence-electron chi connectivity index (χ3n) is 3.41. The molecule has 0 atom stereocenters. The smallest absolute Gasteiger partial charge is 0.0694 e. The van der Waals surface area contributed by atoms with Gasteiger partial charge in [-0.1, -0.05) is 6.07 Å². The standard InChI is InChI=1S/C13H18N4/c1-2-7-17-13(3-1)12(11-15-17)4-8-16-9-5-14-6-10-16/h1-3,7,11,14H,4-6,8-10H2. The normalized spacial score (nSPS) is 17.6. The minimum Gasteiger partial charge on any atom is -0.314 e. The van der Waals surface area contributed by atoms with Crippen LogP contribution in [0.3, 0.4) is 0 Å². The van der Waals surface area contributed by atoms with Crippen molar-refractivity contribution in [3.63, 3.8) is 0 Å². The maximum absolute atomic E-state index is 4.37. The lowest BCUT2D eigenvalue weighted by Crippen LogP contribution is -2.44. The third-order valence-corrected chi connectivity index (χ3v) is 3.41. The van der Waals surface area contributed by atoms with Gasteiger partial charge in [0.1, 0.15) is 0 Å².